The summed E-state index contributed by atoms with van der Waals surface area (Å²) in [4.78, 5) is 0. The van der Waals surface area contributed by atoms with E-state index >= 15 is 0 Å². The molecule has 0 aromatic heterocycles. The predicted molar refractivity (Wildman–Crippen MR) is 36.5 cm³/mol. The topological polar surface area (TPSA) is 40.9 Å². The van der Waals surface area contributed by atoms with Gasteiger partial charge in [-0.05, 0) is 5.92 Å². The summed E-state index contributed by atoms with van der Waals surface area (Å²) in [6, 6.07) is 0. The molecule has 1 atom stereocenters. The van der Waals surface area contributed by atoms with Crippen LogP contribution in [0.4, 0.5) is 0 Å². The van der Waals surface area contributed by atoms with Crippen LogP contribution in [0, 0.1) is 10.7 Å². The minimum Gasteiger partial charge on any atom is -0.253 e. The highest BCUT2D eigenvalue weighted by Gasteiger charge is 1.99. The van der Waals surface area contributed by atoms with Crippen LogP contribution in [0.2, 0.25) is 0 Å². The first-order chi connectivity index (χ1) is 3.42. The van der Waals surface area contributed by atoms with Gasteiger partial charge in [0.1, 0.15) is 0 Å². The third-order valence-electron chi connectivity index (χ3n) is 0.651. The van der Waals surface area contributed by atoms with Gasteiger partial charge in [0, 0.05) is 21.7 Å². The molecule has 0 aromatic rings. The standard InChI is InChI=1S/C5H13NOS/c1-5(2)4-8(3,6)7/h5-6H,4H2,1-3H3/t8-/m0/s1. The molecule has 0 bridgehead atoms. The number of hydrogen-bond acceptors (Lipinski definition) is 2. The van der Waals surface area contributed by atoms with Crippen molar-refractivity contribution in [3.63, 3.8) is 0 Å². The molecule has 0 aromatic carbocycles. The van der Waals surface area contributed by atoms with Gasteiger partial charge in [0.2, 0.25) is 0 Å². The zero-order valence-electron chi connectivity index (χ0n) is 5.60. The largest absolute Gasteiger partial charge is 0.253 e. The lowest BCUT2D eigenvalue weighted by molar-refractivity contribution is 0.660. The van der Waals surface area contributed by atoms with E-state index < -0.39 is 9.73 Å². The molecule has 0 spiro atoms. The van der Waals surface area contributed by atoms with Crippen molar-refractivity contribution < 1.29 is 4.21 Å². The summed E-state index contributed by atoms with van der Waals surface area (Å²) in [6.45, 7) is 3.94. The highest BCUT2D eigenvalue weighted by molar-refractivity contribution is 7.91. The Balaban J connectivity index is 3.75. The quantitative estimate of drug-likeness (QED) is 0.609. The monoisotopic (exact) mass is 135 g/mol. The lowest BCUT2D eigenvalue weighted by Gasteiger charge is -2.01. The molecule has 0 saturated heterocycles. The number of hydrogen-bond donors (Lipinski definition) is 1. The van der Waals surface area contributed by atoms with Gasteiger partial charge in [-0.2, -0.15) is 0 Å². The molecule has 0 rings (SSSR count). The summed E-state index contributed by atoms with van der Waals surface area (Å²) >= 11 is 0. The van der Waals surface area contributed by atoms with Crippen molar-refractivity contribution in [3.8, 4) is 0 Å². The molecular weight excluding hydrogens is 122 g/mol. The van der Waals surface area contributed by atoms with Crippen LogP contribution in [-0.2, 0) is 9.73 Å². The van der Waals surface area contributed by atoms with E-state index in [1.807, 2.05) is 13.8 Å². The van der Waals surface area contributed by atoms with Crippen LogP contribution >= 0.6 is 0 Å². The van der Waals surface area contributed by atoms with Crippen LogP contribution in [-0.4, -0.2) is 16.2 Å². The van der Waals surface area contributed by atoms with E-state index in [1.165, 1.54) is 6.26 Å². The first-order valence-electron chi connectivity index (χ1n) is 2.63. The fraction of sp³-hybridized carbons (Fsp3) is 1.00. The highest BCUT2D eigenvalue weighted by atomic mass is 32.2. The van der Waals surface area contributed by atoms with Crippen molar-refractivity contribution in [1.82, 2.24) is 0 Å². The molecule has 50 valence electrons. The Morgan fingerprint density at radius 1 is 1.62 bits per heavy atom. The summed E-state index contributed by atoms with van der Waals surface area (Å²) < 4.78 is 17.7. The van der Waals surface area contributed by atoms with Crippen LogP contribution in [0.3, 0.4) is 0 Å². The van der Waals surface area contributed by atoms with Gasteiger partial charge >= 0.3 is 0 Å². The SMILES string of the molecule is CC(C)C[S@@](C)(=N)=O. The van der Waals surface area contributed by atoms with Crippen LogP contribution in [0.25, 0.3) is 0 Å². The van der Waals surface area contributed by atoms with Crippen LogP contribution < -0.4 is 0 Å². The normalized spacial score (nSPS) is 18.5. The van der Waals surface area contributed by atoms with Crippen molar-refractivity contribution in [2.75, 3.05) is 12.0 Å². The first kappa shape index (κ1) is 7.95. The van der Waals surface area contributed by atoms with E-state index in [0.717, 1.165) is 0 Å². The third kappa shape index (κ3) is 5.95. The Hall–Kier alpha value is -0.0500. The van der Waals surface area contributed by atoms with Crippen molar-refractivity contribution in [1.29, 1.82) is 4.78 Å². The predicted octanol–water partition coefficient (Wildman–Crippen LogP) is 1.32. The molecule has 0 saturated carbocycles. The molecule has 1 N–H and O–H groups in total. The Kier molecular flexibility index (Phi) is 2.47. The molecule has 0 amide bonds. The van der Waals surface area contributed by atoms with Crippen LogP contribution in [0.5, 0.6) is 0 Å². The third-order valence-corrected chi connectivity index (χ3v) is 1.95. The van der Waals surface area contributed by atoms with E-state index in [2.05, 4.69) is 0 Å². The van der Waals surface area contributed by atoms with E-state index in [1.54, 1.807) is 0 Å². The summed E-state index contributed by atoms with van der Waals surface area (Å²) in [5.74, 6) is 0.900. The summed E-state index contributed by atoms with van der Waals surface area (Å²) in [5, 5.41) is 0. The van der Waals surface area contributed by atoms with E-state index in [0.29, 0.717) is 11.7 Å². The minimum absolute atomic E-state index is 0.380. The fourth-order valence-electron chi connectivity index (χ4n) is 0.636. The zero-order valence-corrected chi connectivity index (χ0v) is 6.42. The van der Waals surface area contributed by atoms with Gasteiger partial charge in [-0.15, -0.1) is 0 Å². The molecule has 0 radical (unpaired) electrons. The average Bonchev–Trinajstić information content (AvgIpc) is 1.21. The lowest BCUT2D eigenvalue weighted by Crippen LogP contribution is -2.06. The molecular formula is C5H13NOS. The molecule has 0 heterocycles. The fourth-order valence-corrected chi connectivity index (χ4v) is 1.91. The lowest BCUT2D eigenvalue weighted by atomic mass is 10.3. The number of nitrogens with one attached hydrogen (secondary N) is 1. The average molecular weight is 135 g/mol. The first-order valence-corrected chi connectivity index (χ1v) is 4.77. The highest BCUT2D eigenvalue weighted by Crippen LogP contribution is 1.96. The maximum atomic E-state index is 10.7. The second-order valence-electron chi connectivity index (χ2n) is 2.57. The van der Waals surface area contributed by atoms with Gasteiger partial charge in [-0.25, -0.2) is 0 Å². The summed E-state index contributed by atoms with van der Waals surface area (Å²) in [7, 11) is -2.22. The van der Waals surface area contributed by atoms with Crippen molar-refractivity contribution >= 4 is 9.73 Å². The summed E-state index contributed by atoms with van der Waals surface area (Å²) in [5.41, 5.74) is 0. The molecule has 0 aliphatic heterocycles. The van der Waals surface area contributed by atoms with Crippen molar-refractivity contribution in [2.45, 2.75) is 13.8 Å². The van der Waals surface area contributed by atoms with Gasteiger partial charge in [-0.1, -0.05) is 13.8 Å². The Morgan fingerprint density at radius 3 is 2.00 bits per heavy atom. The molecule has 3 heteroatoms. The molecule has 0 unspecified atom stereocenters. The second-order valence-corrected chi connectivity index (χ2v) is 4.91. The number of rotatable bonds is 2. The van der Waals surface area contributed by atoms with Crippen molar-refractivity contribution in [3.05, 3.63) is 0 Å². The maximum absolute atomic E-state index is 10.7. The van der Waals surface area contributed by atoms with E-state index in [9.17, 15) is 4.21 Å². The van der Waals surface area contributed by atoms with Crippen LogP contribution in [0.1, 0.15) is 13.8 Å². The Morgan fingerprint density at radius 2 is 2.00 bits per heavy atom. The van der Waals surface area contributed by atoms with Gasteiger partial charge in [-0.3, -0.25) is 8.99 Å². The Labute approximate surface area is 51.3 Å². The molecule has 0 aliphatic carbocycles. The van der Waals surface area contributed by atoms with Gasteiger partial charge in [0.05, 0.1) is 0 Å². The smallest absolute Gasteiger partial charge is 0.0414 e. The van der Waals surface area contributed by atoms with Crippen molar-refractivity contribution in [2.24, 2.45) is 5.92 Å². The zero-order chi connectivity index (χ0) is 6.78. The molecule has 8 heavy (non-hydrogen) atoms. The molecule has 0 aliphatic rings. The molecule has 0 fully saturated rings. The van der Waals surface area contributed by atoms with E-state index in [-0.39, 0.29) is 0 Å². The second kappa shape index (κ2) is 2.49. The summed E-state index contributed by atoms with van der Waals surface area (Å²) in [6.07, 6.45) is 1.48. The van der Waals surface area contributed by atoms with Crippen LogP contribution in [0.15, 0.2) is 0 Å². The van der Waals surface area contributed by atoms with Gasteiger partial charge in [0.15, 0.2) is 0 Å². The van der Waals surface area contributed by atoms with Gasteiger partial charge < -0.3 is 0 Å². The molecule has 2 nitrogen and oxygen atoms in total. The maximum Gasteiger partial charge on any atom is 0.0414 e. The van der Waals surface area contributed by atoms with Gasteiger partial charge in [0.25, 0.3) is 0 Å². The van der Waals surface area contributed by atoms with E-state index in [4.69, 9.17) is 4.78 Å². The minimum atomic E-state index is -2.22. The Bertz CT molecular complexity index is 146.